The van der Waals surface area contributed by atoms with Crippen molar-refractivity contribution in [3.63, 3.8) is 0 Å². The minimum atomic E-state index is -1.02. The molecule has 0 amide bonds. The molecule has 1 aliphatic rings. The summed E-state index contributed by atoms with van der Waals surface area (Å²) in [7, 11) is 0. The van der Waals surface area contributed by atoms with Gasteiger partial charge in [0.05, 0.1) is 19.0 Å². The molecular formula is C17H14F2O3S. The van der Waals surface area contributed by atoms with Crippen LogP contribution in [0.4, 0.5) is 8.78 Å². The van der Waals surface area contributed by atoms with Crippen LogP contribution in [0.25, 0.3) is 0 Å². The minimum absolute atomic E-state index is 0.130. The summed E-state index contributed by atoms with van der Waals surface area (Å²) >= 11 is 1.31. The Hall–Kier alpha value is -2.08. The highest BCUT2D eigenvalue weighted by molar-refractivity contribution is 8.00. The molecule has 120 valence electrons. The van der Waals surface area contributed by atoms with Gasteiger partial charge in [-0.25, -0.2) is 8.78 Å². The van der Waals surface area contributed by atoms with Crippen LogP contribution in [0.1, 0.15) is 16.8 Å². The van der Waals surface area contributed by atoms with Crippen LogP contribution >= 0.6 is 11.8 Å². The molecule has 1 aliphatic heterocycles. The lowest BCUT2D eigenvalue weighted by Crippen LogP contribution is -2.03. The van der Waals surface area contributed by atoms with Crippen molar-refractivity contribution in [2.75, 3.05) is 19.0 Å². The number of hydrogen-bond donors (Lipinski definition) is 0. The topological polar surface area (TPSA) is 35.5 Å². The van der Waals surface area contributed by atoms with Crippen molar-refractivity contribution >= 4 is 17.5 Å². The third-order valence-electron chi connectivity index (χ3n) is 3.33. The van der Waals surface area contributed by atoms with E-state index in [1.54, 1.807) is 0 Å². The van der Waals surface area contributed by atoms with Crippen LogP contribution < -0.4 is 9.47 Å². The first-order chi connectivity index (χ1) is 11.1. The van der Waals surface area contributed by atoms with E-state index in [0.717, 1.165) is 23.4 Å². The maximum Gasteiger partial charge on any atom is 0.173 e. The highest BCUT2D eigenvalue weighted by atomic mass is 32.2. The number of benzene rings is 2. The number of ketones is 1. The predicted octanol–water partition coefficient (Wildman–Crippen LogP) is 4.10. The van der Waals surface area contributed by atoms with Gasteiger partial charge in [0.15, 0.2) is 28.9 Å². The number of thioether (sulfide) groups is 1. The van der Waals surface area contributed by atoms with E-state index in [0.29, 0.717) is 24.7 Å². The van der Waals surface area contributed by atoms with Gasteiger partial charge in [-0.1, -0.05) is 0 Å². The maximum atomic E-state index is 13.2. The summed E-state index contributed by atoms with van der Waals surface area (Å²) in [6, 6.07) is 8.65. The zero-order valence-electron chi connectivity index (χ0n) is 12.2. The first kappa shape index (κ1) is 15.8. The summed E-state index contributed by atoms with van der Waals surface area (Å²) in [6.45, 7) is 1.21. The number of halogens is 2. The quantitative estimate of drug-likeness (QED) is 0.622. The number of hydrogen-bond acceptors (Lipinski definition) is 4. The average molecular weight is 336 g/mol. The van der Waals surface area contributed by atoms with Crippen molar-refractivity contribution < 1.29 is 23.0 Å². The van der Waals surface area contributed by atoms with Crippen LogP contribution in [0.15, 0.2) is 41.3 Å². The summed E-state index contributed by atoms with van der Waals surface area (Å²) in [6.07, 6.45) is 0.825. The molecule has 0 aliphatic carbocycles. The lowest BCUT2D eigenvalue weighted by Gasteiger charge is -2.09. The fourth-order valence-electron chi connectivity index (χ4n) is 2.14. The standard InChI is InChI=1S/C17H14F2O3S/c18-13-4-2-11(8-14(13)19)15(20)10-23-12-3-5-16-17(9-12)22-7-1-6-21-16/h2-5,8-9H,1,6-7,10H2. The molecule has 1 heterocycles. The molecule has 0 saturated heterocycles. The molecule has 2 aromatic rings. The fourth-order valence-corrected chi connectivity index (χ4v) is 2.95. The Bertz CT molecular complexity index is 734. The van der Waals surface area contributed by atoms with E-state index < -0.39 is 11.6 Å². The molecule has 2 aromatic carbocycles. The van der Waals surface area contributed by atoms with Crippen LogP contribution in [-0.4, -0.2) is 24.7 Å². The Morgan fingerprint density at radius 1 is 1.00 bits per heavy atom. The van der Waals surface area contributed by atoms with Crippen LogP contribution in [0.2, 0.25) is 0 Å². The summed E-state index contributed by atoms with van der Waals surface area (Å²) < 4.78 is 37.2. The van der Waals surface area contributed by atoms with Crippen molar-refractivity contribution in [1.82, 2.24) is 0 Å². The number of ether oxygens (including phenoxy) is 2. The summed E-state index contributed by atoms with van der Waals surface area (Å²) in [4.78, 5) is 12.9. The lowest BCUT2D eigenvalue weighted by molar-refractivity contribution is 0.102. The van der Waals surface area contributed by atoms with Gasteiger partial charge in [0, 0.05) is 16.9 Å². The second kappa shape index (κ2) is 7.00. The average Bonchev–Trinajstić information content (AvgIpc) is 2.80. The minimum Gasteiger partial charge on any atom is -0.490 e. The van der Waals surface area contributed by atoms with Crippen molar-refractivity contribution in [1.29, 1.82) is 0 Å². The fraction of sp³-hybridized carbons (Fsp3) is 0.235. The van der Waals surface area contributed by atoms with Gasteiger partial charge in [0.1, 0.15) is 0 Å². The van der Waals surface area contributed by atoms with E-state index in [1.807, 2.05) is 18.2 Å². The van der Waals surface area contributed by atoms with Crippen molar-refractivity contribution in [3.05, 3.63) is 53.6 Å². The number of rotatable bonds is 4. The Balaban J connectivity index is 1.67. The third-order valence-corrected chi connectivity index (χ3v) is 4.32. The molecule has 0 fully saturated rings. The molecule has 3 rings (SSSR count). The van der Waals surface area contributed by atoms with Gasteiger partial charge < -0.3 is 9.47 Å². The maximum absolute atomic E-state index is 13.2. The van der Waals surface area contributed by atoms with Gasteiger partial charge in [-0.15, -0.1) is 11.8 Å². The molecule has 0 unspecified atom stereocenters. The highest BCUT2D eigenvalue weighted by Crippen LogP contribution is 2.34. The molecule has 0 radical (unpaired) electrons. The molecular weight excluding hydrogens is 322 g/mol. The normalized spacial score (nSPS) is 13.5. The number of Topliss-reactive ketones (excluding diaryl/α,β-unsaturated/α-hetero) is 1. The van der Waals surface area contributed by atoms with Crippen LogP contribution in [0.3, 0.4) is 0 Å². The van der Waals surface area contributed by atoms with Gasteiger partial charge in [-0.05, 0) is 36.4 Å². The van der Waals surface area contributed by atoms with E-state index in [9.17, 15) is 13.6 Å². The van der Waals surface area contributed by atoms with E-state index in [1.165, 1.54) is 17.8 Å². The van der Waals surface area contributed by atoms with Gasteiger partial charge in [0.25, 0.3) is 0 Å². The monoisotopic (exact) mass is 336 g/mol. The molecule has 0 saturated carbocycles. The first-order valence-electron chi connectivity index (χ1n) is 7.14. The molecule has 0 atom stereocenters. The van der Waals surface area contributed by atoms with Crippen molar-refractivity contribution in [3.8, 4) is 11.5 Å². The lowest BCUT2D eigenvalue weighted by atomic mass is 10.1. The molecule has 3 nitrogen and oxygen atoms in total. The van der Waals surface area contributed by atoms with E-state index in [4.69, 9.17) is 9.47 Å². The first-order valence-corrected chi connectivity index (χ1v) is 8.13. The van der Waals surface area contributed by atoms with E-state index >= 15 is 0 Å². The SMILES string of the molecule is O=C(CSc1ccc2c(c1)OCCCO2)c1ccc(F)c(F)c1. The zero-order chi connectivity index (χ0) is 16.2. The Kier molecular flexibility index (Phi) is 4.81. The van der Waals surface area contributed by atoms with Crippen LogP contribution in [-0.2, 0) is 0 Å². The number of carbonyl (C=O) groups is 1. The van der Waals surface area contributed by atoms with Gasteiger partial charge in [0.2, 0.25) is 0 Å². The summed E-state index contributed by atoms with van der Waals surface area (Å²) in [5, 5.41) is 0. The van der Waals surface area contributed by atoms with Gasteiger partial charge in [-0.2, -0.15) is 0 Å². The largest absolute Gasteiger partial charge is 0.490 e. The molecule has 0 N–H and O–H groups in total. The summed E-state index contributed by atoms with van der Waals surface area (Å²) in [5.74, 6) is -0.758. The molecule has 0 bridgehead atoms. The molecule has 6 heteroatoms. The van der Waals surface area contributed by atoms with Gasteiger partial charge >= 0.3 is 0 Å². The Labute approximate surface area is 136 Å². The molecule has 0 aromatic heterocycles. The predicted molar refractivity (Wildman–Crippen MR) is 83.5 cm³/mol. The van der Waals surface area contributed by atoms with Crippen molar-refractivity contribution in [2.24, 2.45) is 0 Å². The third kappa shape index (κ3) is 3.82. The van der Waals surface area contributed by atoms with E-state index in [2.05, 4.69) is 0 Å². The van der Waals surface area contributed by atoms with Crippen LogP contribution in [0.5, 0.6) is 11.5 Å². The summed E-state index contributed by atoms with van der Waals surface area (Å²) in [5.41, 5.74) is 0.158. The Morgan fingerprint density at radius 2 is 1.78 bits per heavy atom. The van der Waals surface area contributed by atoms with Crippen LogP contribution in [0, 0.1) is 11.6 Å². The smallest absolute Gasteiger partial charge is 0.173 e. The number of carbonyl (C=O) groups excluding carboxylic acids is 1. The second-order valence-corrected chi connectivity index (χ2v) is 6.05. The number of fused-ring (bicyclic) bond motifs is 1. The Morgan fingerprint density at radius 3 is 2.57 bits per heavy atom. The molecule has 0 spiro atoms. The van der Waals surface area contributed by atoms with Gasteiger partial charge in [-0.3, -0.25) is 4.79 Å². The molecule has 23 heavy (non-hydrogen) atoms. The van der Waals surface area contributed by atoms with Crippen molar-refractivity contribution in [2.45, 2.75) is 11.3 Å². The second-order valence-electron chi connectivity index (χ2n) is 5.00. The van der Waals surface area contributed by atoms with E-state index in [-0.39, 0.29) is 17.1 Å². The zero-order valence-corrected chi connectivity index (χ0v) is 13.0. The highest BCUT2D eigenvalue weighted by Gasteiger charge is 2.13.